The number of carbonyl (C=O) groups excluding carboxylic acids is 3. The molecule has 0 bridgehead atoms. The Labute approximate surface area is 194 Å². The third kappa shape index (κ3) is 4.74. The van der Waals surface area contributed by atoms with Crippen LogP contribution in [0.2, 0.25) is 0 Å². The molecule has 1 N–H and O–H groups in total. The second-order valence-corrected chi connectivity index (χ2v) is 11.0. The fourth-order valence-electron chi connectivity index (χ4n) is 5.52. The minimum absolute atomic E-state index is 0.0905. The molecule has 3 atom stereocenters. The molecule has 172 valence electrons. The van der Waals surface area contributed by atoms with Crippen LogP contribution in [-0.4, -0.2) is 59.0 Å². The van der Waals surface area contributed by atoms with Gasteiger partial charge in [-0.1, -0.05) is 25.3 Å². The van der Waals surface area contributed by atoms with E-state index >= 15 is 0 Å². The van der Waals surface area contributed by atoms with Gasteiger partial charge >= 0.3 is 0 Å². The number of benzene rings is 1. The second-order valence-electron chi connectivity index (χ2n) is 9.81. The highest BCUT2D eigenvalue weighted by atomic mass is 32.2. The van der Waals surface area contributed by atoms with Crippen molar-refractivity contribution in [3.63, 3.8) is 0 Å². The molecule has 1 saturated carbocycles. The van der Waals surface area contributed by atoms with Crippen LogP contribution in [0, 0.1) is 11.8 Å². The molecule has 32 heavy (non-hydrogen) atoms. The standard InChI is InChI=1S/C25H33N3O3S/c29-23-10-9-21(24(30)26-23)28-16-20-19(25(28)31)7-6-8-22(20)32-12-5-3-1-2-4-11-27-14-17-13-18(17)15-27/h6-8,17-18,21H,1-5,9-16H2,(H,26,29,30). The maximum Gasteiger partial charge on any atom is 0.255 e. The van der Waals surface area contributed by atoms with Crippen LogP contribution in [0.15, 0.2) is 23.1 Å². The van der Waals surface area contributed by atoms with E-state index in [1.165, 1.54) is 58.2 Å². The fourth-order valence-corrected chi connectivity index (χ4v) is 6.61. The van der Waals surface area contributed by atoms with E-state index in [2.05, 4.69) is 16.3 Å². The summed E-state index contributed by atoms with van der Waals surface area (Å²) in [5, 5.41) is 2.37. The van der Waals surface area contributed by atoms with E-state index in [0.717, 1.165) is 28.0 Å². The van der Waals surface area contributed by atoms with Crippen LogP contribution in [0.4, 0.5) is 0 Å². The van der Waals surface area contributed by atoms with Crippen molar-refractivity contribution >= 4 is 29.5 Å². The summed E-state index contributed by atoms with van der Waals surface area (Å²) in [6.07, 6.45) is 8.59. The summed E-state index contributed by atoms with van der Waals surface area (Å²) >= 11 is 1.83. The van der Waals surface area contributed by atoms with Gasteiger partial charge in [-0.05, 0) is 67.5 Å². The lowest BCUT2D eigenvalue weighted by Gasteiger charge is -2.29. The van der Waals surface area contributed by atoms with Crippen molar-refractivity contribution in [3.8, 4) is 0 Å². The van der Waals surface area contributed by atoms with Crippen LogP contribution >= 0.6 is 11.8 Å². The van der Waals surface area contributed by atoms with Crippen molar-refractivity contribution in [2.24, 2.45) is 11.8 Å². The lowest BCUT2D eigenvalue weighted by atomic mass is 10.0. The summed E-state index contributed by atoms with van der Waals surface area (Å²) in [5.41, 5.74) is 1.75. The number of hydrogen-bond donors (Lipinski definition) is 1. The number of fused-ring (bicyclic) bond motifs is 2. The number of hydrogen-bond acceptors (Lipinski definition) is 5. The summed E-state index contributed by atoms with van der Waals surface area (Å²) < 4.78 is 0. The lowest BCUT2D eigenvalue weighted by Crippen LogP contribution is -2.52. The van der Waals surface area contributed by atoms with Gasteiger partial charge in [-0.3, -0.25) is 19.7 Å². The van der Waals surface area contributed by atoms with Crippen LogP contribution in [0.5, 0.6) is 0 Å². The Morgan fingerprint density at radius 2 is 1.78 bits per heavy atom. The predicted molar refractivity (Wildman–Crippen MR) is 124 cm³/mol. The maximum absolute atomic E-state index is 12.9. The number of amides is 3. The van der Waals surface area contributed by atoms with Gasteiger partial charge < -0.3 is 9.80 Å². The Kier molecular flexibility index (Phi) is 6.56. The number of nitrogens with one attached hydrogen (secondary N) is 1. The Morgan fingerprint density at radius 3 is 2.59 bits per heavy atom. The van der Waals surface area contributed by atoms with E-state index in [9.17, 15) is 14.4 Å². The number of unbranched alkanes of at least 4 members (excludes halogenated alkanes) is 4. The van der Waals surface area contributed by atoms with Crippen LogP contribution in [0.3, 0.4) is 0 Å². The van der Waals surface area contributed by atoms with E-state index in [0.29, 0.717) is 18.5 Å². The van der Waals surface area contributed by atoms with Crippen LogP contribution in [0.25, 0.3) is 0 Å². The van der Waals surface area contributed by atoms with Gasteiger partial charge in [0.05, 0.1) is 0 Å². The molecule has 3 aliphatic heterocycles. The van der Waals surface area contributed by atoms with Gasteiger partial charge in [0.15, 0.2) is 0 Å². The Morgan fingerprint density at radius 1 is 1.00 bits per heavy atom. The van der Waals surface area contributed by atoms with Gasteiger partial charge in [0.1, 0.15) is 6.04 Å². The van der Waals surface area contributed by atoms with Crippen molar-refractivity contribution in [1.29, 1.82) is 0 Å². The number of carbonyl (C=O) groups is 3. The largest absolute Gasteiger partial charge is 0.322 e. The van der Waals surface area contributed by atoms with Crippen LogP contribution < -0.4 is 5.32 Å². The average Bonchev–Trinajstić information content (AvgIpc) is 3.24. The van der Waals surface area contributed by atoms with Gasteiger partial charge in [-0.25, -0.2) is 0 Å². The molecule has 0 spiro atoms. The van der Waals surface area contributed by atoms with Crippen molar-refractivity contribution < 1.29 is 14.4 Å². The smallest absolute Gasteiger partial charge is 0.255 e. The molecule has 5 rings (SSSR count). The first-order chi connectivity index (χ1) is 15.6. The monoisotopic (exact) mass is 455 g/mol. The zero-order chi connectivity index (χ0) is 22.1. The Hall–Kier alpha value is -1.86. The third-order valence-corrected chi connectivity index (χ3v) is 8.66. The number of imide groups is 1. The first kappa shape index (κ1) is 22.0. The summed E-state index contributed by atoms with van der Waals surface area (Å²) in [6.45, 7) is 4.45. The quantitative estimate of drug-likeness (QED) is 0.333. The number of piperidine rings is 2. The third-order valence-electron chi connectivity index (χ3n) is 7.47. The molecule has 1 aliphatic carbocycles. The molecule has 3 unspecified atom stereocenters. The average molecular weight is 456 g/mol. The first-order valence-electron chi connectivity index (χ1n) is 12.2. The number of thioether (sulfide) groups is 1. The van der Waals surface area contributed by atoms with Gasteiger partial charge in [-0.2, -0.15) is 0 Å². The molecular weight excluding hydrogens is 422 g/mol. The number of nitrogens with zero attached hydrogens (tertiary/aromatic N) is 2. The first-order valence-corrected chi connectivity index (χ1v) is 13.2. The molecule has 0 radical (unpaired) electrons. The Balaban J connectivity index is 1.04. The molecule has 7 heteroatoms. The topological polar surface area (TPSA) is 69.7 Å². The van der Waals surface area contributed by atoms with Gasteiger partial charge in [0.2, 0.25) is 11.8 Å². The molecule has 3 heterocycles. The maximum atomic E-state index is 12.9. The van der Waals surface area contributed by atoms with E-state index in [-0.39, 0.29) is 24.1 Å². The van der Waals surface area contributed by atoms with Gasteiger partial charge in [0.25, 0.3) is 5.91 Å². The normalized spacial score (nSPS) is 26.9. The molecule has 4 aliphatic rings. The zero-order valence-electron chi connectivity index (χ0n) is 18.7. The molecule has 0 aromatic heterocycles. The highest BCUT2D eigenvalue weighted by Crippen LogP contribution is 2.44. The molecule has 3 fully saturated rings. The summed E-state index contributed by atoms with van der Waals surface area (Å²) in [7, 11) is 0. The highest BCUT2D eigenvalue weighted by Gasteiger charge is 2.44. The molecule has 1 aromatic rings. The highest BCUT2D eigenvalue weighted by molar-refractivity contribution is 7.99. The fraction of sp³-hybridized carbons (Fsp3) is 0.640. The predicted octanol–water partition coefficient (Wildman–Crippen LogP) is 3.44. The van der Waals surface area contributed by atoms with E-state index < -0.39 is 6.04 Å². The minimum Gasteiger partial charge on any atom is -0.322 e. The van der Waals surface area contributed by atoms with Crippen LogP contribution in [-0.2, 0) is 16.1 Å². The molecule has 6 nitrogen and oxygen atoms in total. The molecule has 2 saturated heterocycles. The SMILES string of the molecule is O=C1CCC(N2Cc3c(SCCCCCCCN4CC5CC5C4)cccc3C2=O)C(=O)N1. The van der Waals surface area contributed by atoms with Crippen molar-refractivity contribution in [3.05, 3.63) is 29.3 Å². The zero-order valence-corrected chi connectivity index (χ0v) is 19.5. The Bertz CT molecular complexity index is 894. The summed E-state index contributed by atoms with van der Waals surface area (Å²) in [4.78, 5) is 42.1. The number of rotatable bonds is 10. The summed E-state index contributed by atoms with van der Waals surface area (Å²) in [5.74, 6) is 2.44. The molecular formula is C25H33N3O3S. The van der Waals surface area contributed by atoms with Crippen molar-refractivity contribution in [2.75, 3.05) is 25.4 Å². The van der Waals surface area contributed by atoms with Gasteiger partial charge in [-0.15, -0.1) is 11.8 Å². The second kappa shape index (κ2) is 9.56. The van der Waals surface area contributed by atoms with E-state index in [1.807, 2.05) is 23.9 Å². The van der Waals surface area contributed by atoms with Crippen molar-refractivity contribution in [1.82, 2.24) is 15.1 Å². The van der Waals surface area contributed by atoms with Crippen molar-refractivity contribution in [2.45, 2.75) is 68.8 Å². The van der Waals surface area contributed by atoms with E-state index in [4.69, 9.17) is 0 Å². The lowest BCUT2D eigenvalue weighted by molar-refractivity contribution is -0.136. The number of likely N-dealkylation sites (tertiary alicyclic amines) is 1. The minimum atomic E-state index is -0.545. The molecule has 1 aromatic carbocycles. The van der Waals surface area contributed by atoms with E-state index in [1.54, 1.807) is 4.90 Å². The van der Waals surface area contributed by atoms with Gasteiger partial charge in [0, 0.05) is 36.5 Å². The van der Waals surface area contributed by atoms with Crippen LogP contribution in [0.1, 0.15) is 67.3 Å². The molecule has 3 amide bonds. The summed E-state index contributed by atoms with van der Waals surface area (Å²) in [6, 6.07) is 5.34.